The number of hydrogen-bond acceptors (Lipinski definition) is 6. The maximum absolute atomic E-state index is 14.0. The van der Waals surface area contributed by atoms with Crippen molar-refractivity contribution < 1.29 is 30.2 Å². The summed E-state index contributed by atoms with van der Waals surface area (Å²) < 4.78 is 84.1. The van der Waals surface area contributed by atoms with Gasteiger partial charge in [0.15, 0.2) is 5.43 Å². The molecule has 1 fully saturated rings. The van der Waals surface area contributed by atoms with E-state index in [0.717, 1.165) is 31.3 Å². The van der Waals surface area contributed by atoms with Gasteiger partial charge < -0.3 is 19.2 Å². The molecular weight excluding hydrogens is 576 g/mol. The molecule has 6 rings (SSSR count). The molecular formula is C29H22F4N4O4S. The fourth-order valence-corrected chi connectivity index (χ4v) is 6.26. The molecule has 1 aliphatic rings. The van der Waals surface area contributed by atoms with E-state index in [1.807, 2.05) is 11.6 Å². The molecule has 3 aromatic carbocycles. The number of pyridine rings is 1. The van der Waals surface area contributed by atoms with E-state index in [-0.39, 0.29) is 27.9 Å². The Hall–Kier alpha value is -4.41. The van der Waals surface area contributed by atoms with Gasteiger partial charge in [-0.05, 0) is 74.9 Å². The van der Waals surface area contributed by atoms with Crippen molar-refractivity contribution in [3.63, 3.8) is 0 Å². The highest BCUT2D eigenvalue weighted by Gasteiger charge is 2.34. The highest BCUT2D eigenvalue weighted by Crippen LogP contribution is 2.40. The molecule has 0 radical (unpaired) electrons. The van der Waals surface area contributed by atoms with E-state index in [2.05, 4.69) is 20.7 Å². The Morgan fingerprint density at radius 2 is 1.79 bits per heavy atom. The van der Waals surface area contributed by atoms with Crippen molar-refractivity contribution in [2.24, 2.45) is 0 Å². The number of nitrogens with zero attached hydrogens (tertiary/aromatic N) is 3. The molecule has 0 bridgehead atoms. The molecule has 42 heavy (non-hydrogen) atoms. The van der Waals surface area contributed by atoms with Crippen molar-refractivity contribution in [3.05, 3.63) is 70.4 Å². The Morgan fingerprint density at radius 3 is 2.45 bits per heavy atom. The highest BCUT2D eigenvalue weighted by molar-refractivity contribution is 7.86. The van der Waals surface area contributed by atoms with Gasteiger partial charge in [-0.3, -0.25) is 4.79 Å². The van der Waals surface area contributed by atoms with Crippen molar-refractivity contribution >= 4 is 43.1 Å². The Bertz CT molecular complexity index is 2100. The number of H-pyrrole nitrogens is 1. The number of alkyl halides is 3. The van der Waals surface area contributed by atoms with Crippen LogP contribution in [0.25, 0.3) is 44.0 Å². The monoisotopic (exact) mass is 598 g/mol. The van der Waals surface area contributed by atoms with Gasteiger partial charge in [-0.2, -0.15) is 13.7 Å². The van der Waals surface area contributed by atoms with E-state index in [1.54, 1.807) is 18.2 Å². The van der Waals surface area contributed by atoms with Crippen LogP contribution in [0.2, 0.25) is 0 Å². The standard InChI is InChI=1S/C29H22F4N4O4S/c1-36-9-7-18(8-10-36)37-24-13-21(17-3-2-4-19(12-17)42(33,39)40)25(41-29(30,31)32)14-22(24)27(38)26-20-6-5-16(15-34)11-23(20)35-28(26)37/h2-6,11-14,18,35H,7-10H2,1H3. The summed E-state index contributed by atoms with van der Waals surface area (Å²) >= 11 is 0. The summed E-state index contributed by atoms with van der Waals surface area (Å²) in [6.45, 7) is 1.47. The van der Waals surface area contributed by atoms with E-state index in [0.29, 0.717) is 40.5 Å². The average molecular weight is 599 g/mol. The Balaban J connectivity index is 1.74. The molecule has 0 aliphatic carbocycles. The van der Waals surface area contributed by atoms with Crippen LogP contribution in [-0.2, 0) is 10.2 Å². The first-order valence-corrected chi connectivity index (χ1v) is 14.3. The molecule has 8 nitrogen and oxygen atoms in total. The van der Waals surface area contributed by atoms with Crippen LogP contribution in [0, 0.1) is 11.3 Å². The summed E-state index contributed by atoms with van der Waals surface area (Å²) in [7, 11) is -3.18. The summed E-state index contributed by atoms with van der Waals surface area (Å²) in [5, 5.41) is 10.1. The number of fused-ring (bicyclic) bond motifs is 4. The number of nitrogens with one attached hydrogen (secondary N) is 1. The molecule has 0 saturated carbocycles. The van der Waals surface area contributed by atoms with Gasteiger partial charge in [-0.1, -0.05) is 18.2 Å². The molecule has 216 valence electrons. The number of hydrogen-bond donors (Lipinski definition) is 1. The van der Waals surface area contributed by atoms with Gasteiger partial charge in [0.1, 0.15) is 11.4 Å². The lowest BCUT2D eigenvalue weighted by atomic mass is 9.98. The minimum absolute atomic E-state index is 0.0380. The minimum Gasteiger partial charge on any atom is -0.405 e. The third-order valence-electron chi connectivity index (χ3n) is 7.68. The molecule has 2 aromatic heterocycles. The molecule has 0 atom stereocenters. The number of piperidine rings is 1. The van der Waals surface area contributed by atoms with Gasteiger partial charge >= 0.3 is 16.6 Å². The van der Waals surface area contributed by atoms with Crippen LogP contribution in [0.3, 0.4) is 0 Å². The fourth-order valence-electron chi connectivity index (χ4n) is 5.75. The number of nitriles is 1. The summed E-state index contributed by atoms with van der Waals surface area (Å²) in [6.07, 6.45) is -3.79. The minimum atomic E-state index is -5.16. The van der Waals surface area contributed by atoms with Crippen molar-refractivity contribution in [1.82, 2.24) is 14.5 Å². The second-order valence-corrected chi connectivity index (χ2v) is 11.7. The predicted octanol–water partition coefficient (Wildman–Crippen LogP) is 6.00. The third kappa shape index (κ3) is 4.86. The van der Waals surface area contributed by atoms with Crippen molar-refractivity contribution in [1.29, 1.82) is 5.26 Å². The van der Waals surface area contributed by atoms with Crippen LogP contribution >= 0.6 is 0 Å². The van der Waals surface area contributed by atoms with Gasteiger partial charge in [0.2, 0.25) is 0 Å². The molecule has 1 N–H and O–H groups in total. The van der Waals surface area contributed by atoms with Gasteiger partial charge in [-0.25, -0.2) is 0 Å². The zero-order valence-electron chi connectivity index (χ0n) is 22.0. The van der Waals surface area contributed by atoms with E-state index >= 15 is 0 Å². The molecule has 13 heteroatoms. The van der Waals surface area contributed by atoms with Crippen molar-refractivity contribution in [3.8, 4) is 22.9 Å². The molecule has 0 amide bonds. The van der Waals surface area contributed by atoms with E-state index in [9.17, 15) is 35.5 Å². The van der Waals surface area contributed by atoms with Crippen molar-refractivity contribution in [2.75, 3.05) is 20.1 Å². The van der Waals surface area contributed by atoms with Crippen molar-refractivity contribution in [2.45, 2.75) is 30.1 Å². The number of rotatable bonds is 4. The largest absolute Gasteiger partial charge is 0.573 e. The summed E-state index contributed by atoms with van der Waals surface area (Å²) in [5.74, 6) is -0.735. The molecule has 0 unspecified atom stereocenters. The quantitative estimate of drug-likeness (QED) is 0.201. The van der Waals surface area contributed by atoms with E-state index in [4.69, 9.17) is 0 Å². The second-order valence-electron chi connectivity index (χ2n) is 10.3. The Kier molecular flexibility index (Phi) is 6.51. The van der Waals surface area contributed by atoms with Crippen LogP contribution in [0.5, 0.6) is 5.75 Å². The predicted molar refractivity (Wildman–Crippen MR) is 148 cm³/mol. The second kappa shape index (κ2) is 9.85. The van der Waals surface area contributed by atoms with Crippen LogP contribution in [-0.4, -0.2) is 49.4 Å². The zero-order valence-corrected chi connectivity index (χ0v) is 22.8. The smallest absolute Gasteiger partial charge is 0.405 e. The number of likely N-dealkylation sites (tertiary alicyclic amines) is 1. The highest BCUT2D eigenvalue weighted by atomic mass is 32.3. The Morgan fingerprint density at radius 1 is 1.05 bits per heavy atom. The van der Waals surface area contributed by atoms with Crippen LogP contribution in [0.1, 0.15) is 24.4 Å². The normalized spacial score (nSPS) is 15.4. The summed E-state index contributed by atoms with van der Waals surface area (Å²) in [5.41, 5.74) is 0.864. The number of aromatic nitrogens is 2. The molecule has 1 saturated heterocycles. The molecule has 3 heterocycles. The number of benzene rings is 3. The lowest BCUT2D eigenvalue weighted by molar-refractivity contribution is -0.274. The van der Waals surface area contributed by atoms with Gasteiger partial charge in [0.25, 0.3) is 0 Å². The first-order valence-electron chi connectivity index (χ1n) is 12.9. The van der Waals surface area contributed by atoms with E-state index in [1.165, 1.54) is 18.2 Å². The number of ether oxygens (including phenoxy) is 1. The maximum atomic E-state index is 14.0. The fraction of sp³-hybridized carbons (Fsp3) is 0.241. The lowest BCUT2D eigenvalue weighted by Gasteiger charge is -2.32. The van der Waals surface area contributed by atoms with E-state index < -0.39 is 32.7 Å². The first kappa shape index (κ1) is 27.7. The molecule has 1 aliphatic heterocycles. The van der Waals surface area contributed by atoms with Crippen LogP contribution < -0.4 is 10.2 Å². The van der Waals surface area contributed by atoms with Gasteiger partial charge in [-0.15, -0.1) is 17.1 Å². The summed E-state index contributed by atoms with van der Waals surface area (Å²) in [6, 6.07) is 13.5. The average Bonchev–Trinajstić information content (AvgIpc) is 3.31. The number of aromatic amines is 1. The van der Waals surface area contributed by atoms with Gasteiger partial charge in [0, 0.05) is 22.5 Å². The van der Waals surface area contributed by atoms with Crippen LogP contribution in [0.15, 0.2) is 64.3 Å². The third-order valence-corrected chi connectivity index (χ3v) is 8.50. The lowest BCUT2D eigenvalue weighted by Crippen LogP contribution is -2.32. The van der Waals surface area contributed by atoms with Gasteiger partial charge in [0.05, 0.1) is 32.8 Å². The SMILES string of the molecule is CN1CCC(n2c3cc(-c4cccc(S(=O)(=O)F)c4)c(OC(F)(F)F)cc3c(=O)c3c4ccc(C#N)cc4[nH]c32)CC1. The maximum Gasteiger partial charge on any atom is 0.573 e. The topological polar surface area (TPSA) is 108 Å². The summed E-state index contributed by atoms with van der Waals surface area (Å²) in [4.78, 5) is 18.7. The molecule has 5 aromatic rings. The number of halogens is 4. The Labute approximate surface area is 236 Å². The zero-order chi connectivity index (χ0) is 30.0. The first-order chi connectivity index (χ1) is 19.8. The molecule has 0 spiro atoms. The van der Waals surface area contributed by atoms with Crippen LogP contribution in [0.4, 0.5) is 17.1 Å².